The van der Waals surface area contributed by atoms with Gasteiger partial charge in [-0.05, 0) is 18.2 Å². The third-order valence-electron chi connectivity index (χ3n) is 2.61. The van der Waals surface area contributed by atoms with E-state index in [2.05, 4.69) is 0 Å². The second-order valence-electron chi connectivity index (χ2n) is 3.70. The van der Waals surface area contributed by atoms with Crippen LogP contribution in [-0.4, -0.2) is 18.2 Å². The van der Waals surface area contributed by atoms with Gasteiger partial charge >= 0.3 is 5.97 Å². The number of aromatic carboxylic acids is 1. The lowest BCUT2D eigenvalue weighted by molar-refractivity contribution is 0.0697. The van der Waals surface area contributed by atoms with Crippen LogP contribution in [0.1, 0.15) is 10.4 Å². The molecular weight excluding hydrogens is 252 g/mol. The van der Waals surface area contributed by atoms with Crippen LogP contribution in [0.4, 0.5) is 0 Å². The number of hydrogen-bond acceptors (Lipinski definition) is 2. The molecule has 0 aliphatic heterocycles. The number of para-hydroxylation sites is 1. The SMILES string of the molecule is COc1ccccc1-c1ccc(C(=O)O)cc1Cl. The molecule has 0 bridgehead atoms. The van der Waals surface area contributed by atoms with Crippen molar-refractivity contribution in [3.05, 3.63) is 53.1 Å². The van der Waals surface area contributed by atoms with Gasteiger partial charge < -0.3 is 9.84 Å². The molecule has 4 heteroatoms. The summed E-state index contributed by atoms with van der Waals surface area (Å²) in [6.07, 6.45) is 0. The Kier molecular flexibility index (Phi) is 3.53. The molecule has 92 valence electrons. The molecule has 0 aliphatic carbocycles. The summed E-state index contributed by atoms with van der Waals surface area (Å²) in [5.74, 6) is -0.300. The highest BCUT2D eigenvalue weighted by molar-refractivity contribution is 6.33. The highest BCUT2D eigenvalue weighted by Gasteiger charge is 2.11. The average molecular weight is 263 g/mol. The van der Waals surface area contributed by atoms with Crippen LogP contribution in [-0.2, 0) is 0 Å². The fraction of sp³-hybridized carbons (Fsp3) is 0.0714. The van der Waals surface area contributed by atoms with E-state index in [1.54, 1.807) is 13.2 Å². The maximum atomic E-state index is 10.8. The second-order valence-corrected chi connectivity index (χ2v) is 4.11. The molecule has 0 saturated carbocycles. The van der Waals surface area contributed by atoms with Crippen LogP contribution in [0.5, 0.6) is 5.75 Å². The molecule has 0 aliphatic rings. The van der Waals surface area contributed by atoms with E-state index in [1.165, 1.54) is 12.1 Å². The molecule has 2 aromatic carbocycles. The number of halogens is 1. The Morgan fingerprint density at radius 1 is 1.17 bits per heavy atom. The Hall–Kier alpha value is -2.00. The van der Waals surface area contributed by atoms with Gasteiger partial charge in [-0.25, -0.2) is 4.79 Å². The summed E-state index contributed by atoms with van der Waals surface area (Å²) >= 11 is 6.12. The summed E-state index contributed by atoms with van der Waals surface area (Å²) in [6, 6.07) is 12.1. The van der Waals surface area contributed by atoms with Crippen molar-refractivity contribution < 1.29 is 14.6 Å². The first-order valence-electron chi connectivity index (χ1n) is 5.29. The standard InChI is InChI=1S/C14H11ClO3/c1-18-13-5-3-2-4-11(13)10-7-6-9(14(16)17)8-12(10)15/h2-8H,1H3,(H,16,17). The topological polar surface area (TPSA) is 46.5 Å². The molecule has 2 rings (SSSR count). The first-order valence-corrected chi connectivity index (χ1v) is 5.67. The van der Waals surface area contributed by atoms with E-state index in [1.807, 2.05) is 24.3 Å². The van der Waals surface area contributed by atoms with E-state index in [-0.39, 0.29) is 5.56 Å². The van der Waals surface area contributed by atoms with Crippen LogP contribution in [0.25, 0.3) is 11.1 Å². The van der Waals surface area contributed by atoms with E-state index >= 15 is 0 Å². The number of methoxy groups -OCH3 is 1. The van der Waals surface area contributed by atoms with Gasteiger partial charge in [0, 0.05) is 16.1 Å². The van der Waals surface area contributed by atoms with Gasteiger partial charge in [-0.1, -0.05) is 35.9 Å². The number of carboxylic acid groups (broad SMARTS) is 1. The van der Waals surface area contributed by atoms with E-state index in [0.717, 1.165) is 11.1 Å². The molecule has 0 radical (unpaired) electrons. The number of carbonyl (C=O) groups is 1. The molecule has 0 fully saturated rings. The van der Waals surface area contributed by atoms with Crippen molar-refractivity contribution in [2.24, 2.45) is 0 Å². The number of carboxylic acids is 1. The minimum Gasteiger partial charge on any atom is -0.496 e. The molecule has 0 atom stereocenters. The Labute approximate surface area is 110 Å². The summed E-state index contributed by atoms with van der Waals surface area (Å²) in [5, 5.41) is 9.28. The number of ether oxygens (including phenoxy) is 1. The Balaban J connectivity index is 2.54. The number of benzene rings is 2. The third-order valence-corrected chi connectivity index (χ3v) is 2.93. The van der Waals surface area contributed by atoms with Crippen LogP contribution in [0, 0.1) is 0 Å². The zero-order chi connectivity index (χ0) is 13.1. The molecule has 0 heterocycles. The quantitative estimate of drug-likeness (QED) is 0.917. The average Bonchev–Trinajstić information content (AvgIpc) is 2.38. The highest BCUT2D eigenvalue weighted by atomic mass is 35.5. The lowest BCUT2D eigenvalue weighted by atomic mass is 10.0. The van der Waals surface area contributed by atoms with Gasteiger partial charge in [0.2, 0.25) is 0 Å². The molecule has 18 heavy (non-hydrogen) atoms. The predicted molar refractivity (Wildman–Crippen MR) is 70.4 cm³/mol. The van der Waals surface area contributed by atoms with Gasteiger partial charge in [0.25, 0.3) is 0 Å². The van der Waals surface area contributed by atoms with E-state index in [0.29, 0.717) is 10.8 Å². The van der Waals surface area contributed by atoms with Crippen LogP contribution in [0.15, 0.2) is 42.5 Å². The summed E-state index contributed by atoms with van der Waals surface area (Å²) in [6.45, 7) is 0. The second kappa shape index (κ2) is 5.10. The van der Waals surface area contributed by atoms with Gasteiger partial charge in [-0.15, -0.1) is 0 Å². The first-order chi connectivity index (χ1) is 8.63. The highest BCUT2D eigenvalue weighted by Crippen LogP contribution is 2.34. The largest absolute Gasteiger partial charge is 0.496 e. The molecule has 2 aromatic rings. The van der Waals surface area contributed by atoms with Crippen molar-refractivity contribution in [2.45, 2.75) is 0 Å². The van der Waals surface area contributed by atoms with Crippen LogP contribution >= 0.6 is 11.6 Å². The summed E-state index contributed by atoms with van der Waals surface area (Å²) < 4.78 is 5.26. The summed E-state index contributed by atoms with van der Waals surface area (Å²) in [5.41, 5.74) is 1.75. The first kappa shape index (κ1) is 12.5. The molecule has 3 nitrogen and oxygen atoms in total. The van der Waals surface area contributed by atoms with Crippen molar-refractivity contribution in [3.63, 3.8) is 0 Å². The molecular formula is C14H11ClO3. The zero-order valence-corrected chi connectivity index (χ0v) is 10.4. The maximum Gasteiger partial charge on any atom is 0.335 e. The van der Waals surface area contributed by atoms with E-state index < -0.39 is 5.97 Å². The van der Waals surface area contributed by atoms with Crippen LogP contribution in [0.3, 0.4) is 0 Å². The fourth-order valence-electron chi connectivity index (χ4n) is 1.73. The maximum absolute atomic E-state index is 10.8. The van der Waals surface area contributed by atoms with E-state index in [9.17, 15) is 4.79 Å². The molecule has 0 unspecified atom stereocenters. The molecule has 0 saturated heterocycles. The van der Waals surface area contributed by atoms with Gasteiger partial charge in [-0.3, -0.25) is 0 Å². The molecule has 0 amide bonds. The molecule has 0 aromatic heterocycles. The Bertz CT molecular complexity index is 593. The minimum atomic E-state index is -0.997. The van der Waals surface area contributed by atoms with Crippen LogP contribution < -0.4 is 4.74 Å². The summed E-state index contributed by atoms with van der Waals surface area (Å²) in [4.78, 5) is 10.8. The minimum absolute atomic E-state index is 0.165. The fourth-order valence-corrected chi connectivity index (χ4v) is 2.02. The van der Waals surface area contributed by atoms with Crippen LogP contribution in [0.2, 0.25) is 5.02 Å². The summed E-state index contributed by atoms with van der Waals surface area (Å²) in [7, 11) is 1.58. The lowest BCUT2D eigenvalue weighted by Crippen LogP contribution is -1.96. The number of rotatable bonds is 3. The Morgan fingerprint density at radius 3 is 2.50 bits per heavy atom. The van der Waals surface area contributed by atoms with Crippen molar-refractivity contribution in [1.82, 2.24) is 0 Å². The lowest BCUT2D eigenvalue weighted by Gasteiger charge is -2.10. The van der Waals surface area contributed by atoms with Crippen molar-refractivity contribution in [1.29, 1.82) is 0 Å². The third kappa shape index (κ3) is 2.31. The van der Waals surface area contributed by atoms with E-state index in [4.69, 9.17) is 21.4 Å². The van der Waals surface area contributed by atoms with Crippen molar-refractivity contribution in [3.8, 4) is 16.9 Å². The van der Waals surface area contributed by atoms with Crippen molar-refractivity contribution >= 4 is 17.6 Å². The van der Waals surface area contributed by atoms with Gasteiger partial charge in [0.05, 0.1) is 12.7 Å². The normalized spacial score (nSPS) is 10.1. The van der Waals surface area contributed by atoms with Crippen molar-refractivity contribution in [2.75, 3.05) is 7.11 Å². The smallest absolute Gasteiger partial charge is 0.335 e. The van der Waals surface area contributed by atoms with Gasteiger partial charge in [0.1, 0.15) is 5.75 Å². The molecule has 1 N–H and O–H groups in total. The van der Waals surface area contributed by atoms with Gasteiger partial charge in [0.15, 0.2) is 0 Å². The number of hydrogen-bond donors (Lipinski definition) is 1. The zero-order valence-electron chi connectivity index (χ0n) is 9.68. The monoisotopic (exact) mass is 262 g/mol. The Morgan fingerprint density at radius 2 is 1.89 bits per heavy atom. The predicted octanol–water partition coefficient (Wildman–Crippen LogP) is 3.71. The van der Waals surface area contributed by atoms with Gasteiger partial charge in [-0.2, -0.15) is 0 Å². The molecule has 0 spiro atoms.